The molecule has 2 aromatic carbocycles. The number of rotatable bonds is 6. The summed E-state index contributed by atoms with van der Waals surface area (Å²) in [5.74, 6) is 0.994. The van der Waals surface area contributed by atoms with Crippen molar-refractivity contribution < 1.29 is 4.74 Å². The third-order valence-electron chi connectivity index (χ3n) is 3.29. The lowest BCUT2D eigenvalue weighted by atomic mass is 10.1. The summed E-state index contributed by atoms with van der Waals surface area (Å²) in [6.07, 6.45) is 0. The minimum atomic E-state index is 0.463. The van der Waals surface area contributed by atoms with Crippen molar-refractivity contribution in [3.8, 4) is 5.75 Å². The lowest BCUT2D eigenvalue weighted by Crippen LogP contribution is -2.22. The maximum Gasteiger partial charge on any atom is 0.127 e. The highest BCUT2D eigenvalue weighted by Crippen LogP contribution is 2.25. The van der Waals surface area contributed by atoms with Crippen LogP contribution in [0.4, 0.5) is 0 Å². The maximum absolute atomic E-state index is 6.07. The van der Waals surface area contributed by atoms with Crippen LogP contribution in [0.15, 0.2) is 46.9 Å². The van der Waals surface area contributed by atoms with E-state index in [-0.39, 0.29) is 0 Å². The predicted octanol–water partition coefficient (Wildman–Crippen LogP) is 4.83. The van der Waals surface area contributed by atoms with Crippen LogP contribution in [0.5, 0.6) is 5.75 Å². The monoisotopic (exact) mass is 347 g/mol. The SMILES string of the molecule is Cc1cccc(CNC(C)C)c1OCc1ccc(Br)cc1. The number of ether oxygens (including phenoxy) is 1. The van der Waals surface area contributed by atoms with E-state index in [1.54, 1.807) is 0 Å². The van der Waals surface area contributed by atoms with Crippen molar-refractivity contribution in [2.75, 3.05) is 0 Å². The van der Waals surface area contributed by atoms with Crippen molar-refractivity contribution in [3.63, 3.8) is 0 Å². The van der Waals surface area contributed by atoms with E-state index < -0.39 is 0 Å². The average molecular weight is 348 g/mol. The molecule has 1 N–H and O–H groups in total. The highest BCUT2D eigenvalue weighted by molar-refractivity contribution is 9.10. The second-order valence-corrected chi connectivity index (χ2v) is 6.43. The number of halogens is 1. The molecular weight excluding hydrogens is 326 g/mol. The Morgan fingerprint density at radius 2 is 1.81 bits per heavy atom. The first kappa shape index (κ1) is 16.1. The molecule has 0 aliphatic rings. The van der Waals surface area contributed by atoms with Crippen LogP contribution in [0.3, 0.4) is 0 Å². The largest absolute Gasteiger partial charge is 0.488 e. The van der Waals surface area contributed by atoms with Crippen molar-refractivity contribution in [3.05, 3.63) is 63.6 Å². The molecule has 0 aliphatic carbocycles. The van der Waals surface area contributed by atoms with E-state index in [2.05, 4.69) is 72.3 Å². The van der Waals surface area contributed by atoms with Crippen LogP contribution in [-0.2, 0) is 13.2 Å². The molecule has 0 unspecified atom stereocenters. The molecule has 0 amide bonds. The molecule has 112 valence electrons. The van der Waals surface area contributed by atoms with E-state index in [1.807, 2.05) is 12.1 Å². The first-order chi connectivity index (χ1) is 10.1. The van der Waals surface area contributed by atoms with Crippen molar-refractivity contribution in [2.45, 2.75) is 40.0 Å². The smallest absolute Gasteiger partial charge is 0.127 e. The maximum atomic E-state index is 6.07. The van der Waals surface area contributed by atoms with Gasteiger partial charge in [-0.25, -0.2) is 0 Å². The molecule has 0 bridgehead atoms. The third kappa shape index (κ3) is 4.87. The minimum absolute atomic E-state index is 0.463. The minimum Gasteiger partial charge on any atom is -0.488 e. The van der Waals surface area contributed by atoms with Crippen LogP contribution in [-0.4, -0.2) is 6.04 Å². The zero-order chi connectivity index (χ0) is 15.2. The molecule has 0 aliphatic heterocycles. The van der Waals surface area contributed by atoms with Gasteiger partial charge in [0.25, 0.3) is 0 Å². The van der Waals surface area contributed by atoms with E-state index in [9.17, 15) is 0 Å². The molecule has 2 nitrogen and oxygen atoms in total. The highest BCUT2D eigenvalue weighted by Gasteiger charge is 2.08. The van der Waals surface area contributed by atoms with Gasteiger partial charge < -0.3 is 10.1 Å². The van der Waals surface area contributed by atoms with Gasteiger partial charge in [0.05, 0.1) is 0 Å². The Hall–Kier alpha value is -1.32. The van der Waals surface area contributed by atoms with Crippen LogP contribution >= 0.6 is 15.9 Å². The Labute approximate surface area is 135 Å². The van der Waals surface area contributed by atoms with Crippen LogP contribution in [0.25, 0.3) is 0 Å². The normalized spacial score (nSPS) is 10.9. The van der Waals surface area contributed by atoms with Gasteiger partial charge in [0.15, 0.2) is 0 Å². The van der Waals surface area contributed by atoms with Gasteiger partial charge in [-0.15, -0.1) is 0 Å². The molecule has 0 saturated heterocycles. The average Bonchev–Trinajstić information content (AvgIpc) is 2.46. The van der Waals surface area contributed by atoms with Crippen LogP contribution in [0.1, 0.15) is 30.5 Å². The molecule has 2 rings (SSSR count). The van der Waals surface area contributed by atoms with Crippen molar-refractivity contribution >= 4 is 15.9 Å². The molecule has 0 fully saturated rings. The highest BCUT2D eigenvalue weighted by atomic mass is 79.9. The molecule has 0 atom stereocenters. The summed E-state index contributed by atoms with van der Waals surface area (Å²) in [6, 6.07) is 15.0. The summed E-state index contributed by atoms with van der Waals surface area (Å²) in [4.78, 5) is 0. The number of para-hydroxylation sites is 1. The zero-order valence-corrected chi connectivity index (χ0v) is 14.4. The summed E-state index contributed by atoms with van der Waals surface area (Å²) in [7, 11) is 0. The summed E-state index contributed by atoms with van der Waals surface area (Å²) < 4.78 is 7.16. The van der Waals surface area contributed by atoms with E-state index in [0.29, 0.717) is 12.6 Å². The Balaban J connectivity index is 2.09. The first-order valence-corrected chi connectivity index (χ1v) is 8.04. The van der Waals surface area contributed by atoms with Gasteiger partial charge in [-0.3, -0.25) is 0 Å². The Morgan fingerprint density at radius 3 is 2.48 bits per heavy atom. The van der Waals surface area contributed by atoms with E-state index in [0.717, 1.165) is 16.8 Å². The molecule has 0 aromatic heterocycles. The van der Waals surface area contributed by atoms with Crippen molar-refractivity contribution in [2.24, 2.45) is 0 Å². The van der Waals surface area contributed by atoms with E-state index in [1.165, 1.54) is 16.7 Å². The molecule has 3 heteroatoms. The van der Waals surface area contributed by atoms with Crippen molar-refractivity contribution in [1.29, 1.82) is 0 Å². The van der Waals surface area contributed by atoms with Crippen molar-refractivity contribution in [1.82, 2.24) is 5.32 Å². The second kappa shape index (κ2) is 7.62. The summed E-state index contributed by atoms with van der Waals surface area (Å²) in [5.41, 5.74) is 3.56. The molecule has 0 saturated carbocycles. The number of benzene rings is 2. The van der Waals surface area contributed by atoms with Crippen LogP contribution in [0, 0.1) is 6.92 Å². The molecular formula is C18H22BrNO. The number of aryl methyl sites for hydroxylation is 1. The molecule has 0 heterocycles. The van der Waals surface area contributed by atoms with Gasteiger partial charge in [-0.2, -0.15) is 0 Å². The lowest BCUT2D eigenvalue weighted by Gasteiger charge is -2.16. The fourth-order valence-corrected chi connectivity index (χ4v) is 2.37. The van der Waals surface area contributed by atoms with Gasteiger partial charge in [0.1, 0.15) is 12.4 Å². The third-order valence-corrected chi connectivity index (χ3v) is 3.82. The van der Waals surface area contributed by atoms with Crippen LogP contribution in [0.2, 0.25) is 0 Å². The summed E-state index contributed by atoms with van der Waals surface area (Å²) >= 11 is 3.45. The van der Waals surface area contributed by atoms with E-state index in [4.69, 9.17) is 4.74 Å². The van der Waals surface area contributed by atoms with Gasteiger partial charge >= 0.3 is 0 Å². The molecule has 21 heavy (non-hydrogen) atoms. The topological polar surface area (TPSA) is 21.3 Å². The fraction of sp³-hybridized carbons (Fsp3) is 0.333. The van der Waals surface area contributed by atoms with Gasteiger partial charge in [-0.05, 0) is 30.2 Å². The van der Waals surface area contributed by atoms with E-state index >= 15 is 0 Å². The lowest BCUT2D eigenvalue weighted by molar-refractivity contribution is 0.299. The summed E-state index contributed by atoms with van der Waals surface area (Å²) in [5, 5.41) is 3.45. The Morgan fingerprint density at radius 1 is 1.10 bits per heavy atom. The number of hydrogen-bond acceptors (Lipinski definition) is 2. The second-order valence-electron chi connectivity index (χ2n) is 5.51. The first-order valence-electron chi connectivity index (χ1n) is 7.25. The predicted molar refractivity (Wildman–Crippen MR) is 91.6 cm³/mol. The molecule has 0 radical (unpaired) electrons. The zero-order valence-electron chi connectivity index (χ0n) is 12.8. The fourth-order valence-electron chi connectivity index (χ4n) is 2.11. The number of nitrogens with one attached hydrogen (secondary N) is 1. The van der Waals surface area contributed by atoms with Gasteiger partial charge in [0, 0.05) is 22.6 Å². The standard InChI is InChI=1S/C18H22BrNO/c1-13(2)20-11-16-6-4-5-14(3)18(16)21-12-15-7-9-17(19)10-8-15/h4-10,13,20H,11-12H2,1-3H3. The van der Waals surface area contributed by atoms with Crippen LogP contribution < -0.4 is 10.1 Å². The molecule has 0 spiro atoms. The van der Waals surface area contributed by atoms with Gasteiger partial charge in [-0.1, -0.05) is 60.1 Å². The van der Waals surface area contributed by atoms with Gasteiger partial charge in [0.2, 0.25) is 0 Å². The Bertz CT molecular complexity index is 578. The quantitative estimate of drug-likeness (QED) is 0.807. The number of hydrogen-bond donors (Lipinski definition) is 1. The summed E-state index contributed by atoms with van der Waals surface area (Å²) in [6.45, 7) is 7.81. The molecule has 2 aromatic rings. The Kier molecular flexibility index (Phi) is 5.83.